The Hall–Kier alpha value is -1.94. The number of carboxylic acids is 1. The number of aliphatic carboxylic acids is 1. The molecule has 0 spiro atoms. The van der Waals surface area contributed by atoms with Gasteiger partial charge in [0.15, 0.2) is 6.54 Å². The van der Waals surface area contributed by atoms with Gasteiger partial charge in [0.1, 0.15) is 6.42 Å². The Balaban J connectivity index is 0.00000161. The van der Waals surface area contributed by atoms with Gasteiger partial charge in [0.2, 0.25) is 11.0 Å². The average Bonchev–Trinajstić information content (AvgIpc) is 2.47. The molecule has 0 bridgehead atoms. The van der Waals surface area contributed by atoms with Crippen LogP contribution in [0.5, 0.6) is 0 Å². The van der Waals surface area contributed by atoms with E-state index < -0.39 is 5.97 Å². The number of nitrogens with zero attached hydrogens (tertiary/aromatic N) is 1. The molecule has 0 amide bonds. The number of aromatic nitrogens is 1. The molecule has 1 aromatic heterocycles. The van der Waals surface area contributed by atoms with E-state index in [0.29, 0.717) is 6.54 Å². The fourth-order valence-electron chi connectivity index (χ4n) is 2.78. The van der Waals surface area contributed by atoms with Crippen LogP contribution in [0.3, 0.4) is 0 Å². The third kappa shape index (κ3) is 2.76. The van der Waals surface area contributed by atoms with E-state index in [0.717, 1.165) is 11.0 Å². The van der Waals surface area contributed by atoms with Crippen LogP contribution >= 0.6 is 0 Å². The molecule has 0 aliphatic carbocycles. The molecular formula is C17H16BrNO2. The molecule has 3 nitrogen and oxygen atoms in total. The lowest BCUT2D eigenvalue weighted by atomic mass is 10.0. The number of pyridine rings is 1. The summed E-state index contributed by atoms with van der Waals surface area (Å²) in [4.78, 5) is 10.9. The summed E-state index contributed by atoms with van der Waals surface area (Å²) >= 11 is 0. The molecule has 0 fully saturated rings. The molecule has 0 aliphatic heterocycles. The quantitative estimate of drug-likeness (QED) is 0.539. The first kappa shape index (κ1) is 15.4. The van der Waals surface area contributed by atoms with Gasteiger partial charge < -0.3 is 22.1 Å². The molecular weight excluding hydrogens is 330 g/mol. The van der Waals surface area contributed by atoms with Crippen molar-refractivity contribution in [2.75, 3.05) is 0 Å². The van der Waals surface area contributed by atoms with Crippen molar-refractivity contribution >= 4 is 27.8 Å². The number of fused-ring (bicyclic) bond motifs is 2. The SMILES string of the molecule is Cc1c2ccccc2[n+](CCC(=O)O)c2ccccc12.[Br-]. The van der Waals surface area contributed by atoms with E-state index in [4.69, 9.17) is 5.11 Å². The number of benzene rings is 2. The molecule has 1 heterocycles. The number of hydrogen-bond donors (Lipinski definition) is 1. The summed E-state index contributed by atoms with van der Waals surface area (Å²) in [6, 6.07) is 16.3. The van der Waals surface area contributed by atoms with E-state index in [1.165, 1.54) is 16.3 Å². The highest BCUT2D eigenvalue weighted by Crippen LogP contribution is 2.23. The summed E-state index contributed by atoms with van der Waals surface area (Å²) in [5, 5.41) is 11.3. The van der Waals surface area contributed by atoms with Gasteiger partial charge in [-0.25, -0.2) is 0 Å². The van der Waals surface area contributed by atoms with E-state index in [1.807, 2.05) is 24.3 Å². The van der Waals surface area contributed by atoms with E-state index in [2.05, 4.69) is 35.8 Å². The third-order valence-corrected chi connectivity index (χ3v) is 3.75. The normalized spacial score (nSPS) is 10.5. The van der Waals surface area contributed by atoms with Crippen molar-refractivity contribution in [2.45, 2.75) is 19.9 Å². The van der Waals surface area contributed by atoms with E-state index in [9.17, 15) is 4.79 Å². The molecule has 0 saturated carbocycles. The van der Waals surface area contributed by atoms with Crippen molar-refractivity contribution in [3.8, 4) is 0 Å². The van der Waals surface area contributed by atoms with E-state index in [-0.39, 0.29) is 23.4 Å². The van der Waals surface area contributed by atoms with Crippen molar-refractivity contribution in [1.82, 2.24) is 0 Å². The summed E-state index contributed by atoms with van der Waals surface area (Å²) in [6.07, 6.45) is 0.127. The fraction of sp³-hybridized carbons (Fsp3) is 0.176. The highest BCUT2D eigenvalue weighted by atomic mass is 79.9. The molecule has 3 aromatic rings. The molecule has 0 aliphatic rings. The summed E-state index contributed by atoms with van der Waals surface area (Å²) in [5.74, 6) is -0.772. The van der Waals surface area contributed by atoms with Crippen molar-refractivity contribution in [2.24, 2.45) is 0 Å². The lowest BCUT2D eigenvalue weighted by Crippen LogP contribution is -3.00. The number of hydrogen-bond acceptors (Lipinski definition) is 1. The van der Waals surface area contributed by atoms with Crippen molar-refractivity contribution in [3.05, 3.63) is 54.1 Å². The van der Waals surface area contributed by atoms with Crippen LogP contribution in [0.25, 0.3) is 21.8 Å². The summed E-state index contributed by atoms with van der Waals surface area (Å²) < 4.78 is 2.10. The van der Waals surface area contributed by atoms with Crippen LogP contribution in [0.15, 0.2) is 48.5 Å². The molecule has 108 valence electrons. The zero-order chi connectivity index (χ0) is 14.1. The number of rotatable bonds is 3. The highest BCUT2D eigenvalue weighted by molar-refractivity contribution is 5.93. The topological polar surface area (TPSA) is 41.2 Å². The number of halogens is 1. The number of aryl methyl sites for hydroxylation is 2. The minimum atomic E-state index is -0.772. The lowest BCUT2D eigenvalue weighted by molar-refractivity contribution is -0.644. The summed E-state index contributed by atoms with van der Waals surface area (Å²) in [5.41, 5.74) is 3.41. The predicted octanol–water partition coefficient (Wildman–Crippen LogP) is 0.0676. The zero-order valence-corrected chi connectivity index (χ0v) is 13.3. The summed E-state index contributed by atoms with van der Waals surface area (Å²) in [7, 11) is 0. The van der Waals surface area contributed by atoms with Gasteiger partial charge in [0.05, 0.1) is 0 Å². The second-order valence-corrected chi connectivity index (χ2v) is 4.95. The van der Waals surface area contributed by atoms with E-state index >= 15 is 0 Å². The molecule has 21 heavy (non-hydrogen) atoms. The Morgan fingerprint density at radius 3 is 1.95 bits per heavy atom. The minimum absolute atomic E-state index is 0. The van der Waals surface area contributed by atoms with Crippen LogP contribution in [-0.4, -0.2) is 11.1 Å². The standard InChI is InChI=1S/C17H15NO2.BrH/c1-12-13-6-2-4-8-15(13)18(11-10-17(19)20)16-9-5-3-7-14(12)16;/h2-9H,10-11H2,1H3;1H. The maximum Gasteiger partial charge on any atom is 0.309 e. The van der Waals surface area contributed by atoms with Crippen LogP contribution in [0.1, 0.15) is 12.0 Å². The van der Waals surface area contributed by atoms with E-state index in [1.54, 1.807) is 0 Å². The van der Waals surface area contributed by atoms with Crippen molar-refractivity contribution < 1.29 is 31.4 Å². The van der Waals surface area contributed by atoms with Gasteiger partial charge >= 0.3 is 5.97 Å². The number of carboxylic acid groups (broad SMARTS) is 1. The van der Waals surface area contributed by atoms with Crippen LogP contribution < -0.4 is 21.5 Å². The molecule has 0 atom stereocenters. The zero-order valence-electron chi connectivity index (χ0n) is 11.7. The Labute approximate surface area is 133 Å². The molecule has 0 saturated heterocycles. The number of carbonyl (C=O) groups is 1. The van der Waals surface area contributed by atoms with Gasteiger partial charge in [-0.2, -0.15) is 4.57 Å². The minimum Gasteiger partial charge on any atom is -1.00 e. The Morgan fingerprint density at radius 2 is 1.48 bits per heavy atom. The second kappa shape index (κ2) is 6.22. The van der Waals surface area contributed by atoms with Crippen molar-refractivity contribution in [1.29, 1.82) is 0 Å². The van der Waals surface area contributed by atoms with Crippen LogP contribution in [0.4, 0.5) is 0 Å². The first-order valence-corrected chi connectivity index (χ1v) is 6.70. The predicted molar refractivity (Wildman–Crippen MR) is 78.6 cm³/mol. The second-order valence-electron chi connectivity index (χ2n) is 4.95. The van der Waals surface area contributed by atoms with Gasteiger partial charge in [-0.1, -0.05) is 24.3 Å². The first-order valence-electron chi connectivity index (χ1n) is 6.70. The van der Waals surface area contributed by atoms with Gasteiger partial charge in [-0.05, 0) is 24.6 Å². The monoisotopic (exact) mass is 345 g/mol. The third-order valence-electron chi connectivity index (χ3n) is 3.75. The molecule has 2 aromatic carbocycles. The smallest absolute Gasteiger partial charge is 0.309 e. The van der Waals surface area contributed by atoms with Gasteiger partial charge in [-0.3, -0.25) is 4.79 Å². The Bertz CT molecular complexity index is 757. The highest BCUT2D eigenvalue weighted by Gasteiger charge is 2.18. The largest absolute Gasteiger partial charge is 1.00 e. The lowest BCUT2D eigenvalue weighted by Gasteiger charge is -2.08. The van der Waals surface area contributed by atoms with Gasteiger partial charge in [0, 0.05) is 22.9 Å². The fourth-order valence-corrected chi connectivity index (χ4v) is 2.78. The maximum absolute atomic E-state index is 10.9. The van der Waals surface area contributed by atoms with Crippen LogP contribution in [0, 0.1) is 6.92 Å². The Morgan fingerprint density at radius 1 is 1.00 bits per heavy atom. The first-order chi connectivity index (χ1) is 9.68. The Kier molecular flexibility index (Phi) is 4.58. The van der Waals surface area contributed by atoms with Gasteiger partial charge in [-0.15, -0.1) is 0 Å². The molecule has 4 heteroatoms. The summed E-state index contributed by atoms with van der Waals surface area (Å²) in [6.45, 7) is 2.60. The number of para-hydroxylation sites is 2. The molecule has 1 N–H and O–H groups in total. The van der Waals surface area contributed by atoms with Gasteiger partial charge in [0.25, 0.3) is 0 Å². The van der Waals surface area contributed by atoms with Crippen LogP contribution in [0.2, 0.25) is 0 Å². The van der Waals surface area contributed by atoms with Crippen molar-refractivity contribution in [3.63, 3.8) is 0 Å². The molecule has 0 unspecified atom stereocenters. The van der Waals surface area contributed by atoms with Crippen LogP contribution in [-0.2, 0) is 11.3 Å². The molecule has 0 radical (unpaired) electrons. The average molecular weight is 346 g/mol. The maximum atomic E-state index is 10.9. The molecule has 3 rings (SSSR count).